The van der Waals surface area contributed by atoms with Crippen molar-refractivity contribution in [3.8, 4) is 34.8 Å². The molecule has 1 aliphatic rings. The lowest BCUT2D eigenvalue weighted by Gasteiger charge is -2.27. The number of benzene rings is 3. The van der Waals surface area contributed by atoms with Crippen molar-refractivity contribution in [3.05, 3.63) is 88.8 Å². The molecule has 0 aromatic heterocycles. The molecule has 0 bridgehead atoms. The number of nitriles is 1. The van der Waals surface area contributed by atoms with Gasteiger partial charge in [-0.1, -0.05) is 24.3 Å². The van der Waals surface area contributed by atoms with E-state index in [1.807, 2.05) is 31.2 Å². The van der Waals surface area contributed by atoms with Gasteiger partial charge in [0.2, 0.25) is 5.88 Å². The lowest BCUT2D eigenvalue weighted by molar-refractivity contribution is -0.136. The van der Waals surface area contributed by atoms with Crippen molar-refractivity contribution in [3.63, 3.8) is 0 Å². The molecule has 1 atom stereocenters. The number of carbonyl (C=O) groups excluding carboxylic acids is 1. The number of hydrogen-bond donors (Lipinski definition) is 1. The zero-order chi connectivity index (χ0) is 24.9. The summed E-state index contributed by atoms with van der Waals surface area (Å²) in [5.41, 5.74) is 8.83. The minimum atomic E-state index is -0.570. The molecule has 178 valence electrons. The molecule has 8 heteroatoms. The molecule has 0 fully saturated rings. The minimum absolute atomic E-state index is 0.0222. The van der Waals surface area contributed by atoms with Crippen LogP contribution in [0.5, 0.6) is 28.7 Å². The quantitative estimate of drug-likeness (QED) is 0.402. The van der Waals surface area contributed by atoms with Gasteiger partial charge in [-0.15, -0.1) is 0 Å². The number of hydrogen-bond acceptors (Lipinski definition) is 8. The number of nitrogens with zero attached hydrogens (tertiary/aromatic N) is 1. The Bertz CT molecular complexity index is 1340. The van der Waals surface area contributed by atoms with Crippen molar-refractivity contribution in [1.82, 2.24) is 0 Å². The van der Waals surface area contributed by atoms with Crippen molar-refractivity contribution in [2.24, 2.45) is 5.73 Å². The molecule has 1 heterocycles. The first-order valence-electron chi connectivity index (χ1n) is 10.8. The molecule has 8 nitrogen and oxygen atoms in total. The molecular weight excluding hydrogens is 448 g/mol. The van der Waals surface area contributed by atoms with Gasteiger partial charge in [-0.2, -0.15) is 5.26 Å². The minimum Gasteiger partial charge on any atom is -0.493 e. The fourth-order valence-electron chi connectivity index (χ4n) is 3.88. The maximum Gasteiger partial charge on any atom is 0.349 e. The SMILES string of the molecule is COc1ccc(C2C(C#N)=C(N)Oc3cc(OC(=O)COc4cccc(C)c4)ccc32)cc1OC. The van der Waals surface area contributed by atoms with Gasteiger partial charge in [0.15, 0.2) is 18.1 Å². The predicted molar refractivity (Wildman–Crippen MR) is 128 cm³/mol. The van der Waals surface area contributed by atoms with E-state index in [9.17, 15) is 10.1 Å². The van der Waals surface area contributed by atoms with Crippen LogP contribution in [0.3, 0.4) is 0 Å². The molecule has 0 spiro atoms. The van der Waals surface area contributed by atoms with Gasteiger partial charge in [-0.3, -0.25) is 0 Å². The molecule has 1 aliphatic heterocycles. The van der Waals surface area contributed by atoms with Crippen LogP contribution in [0.2, 0.25) is 0 Å². The van der Waals surface area contributed by atoms with Crippen LogP contribution in [0.4, 0.5) is 0 Å². The van der Waals surface area contributed by atoms with Crippen LogP contribution in [0.25, 0.3) is 0 Å². The monoisotopic (exact) mass is 472 g/mol. The topological polar surface area (TPSA) is 113 Å². The maximum atomic E-state index is 12.3. The van der Waals surface area contributed by atoms with Gasteiger partial charge in [0.05, 0.1) is 20.1 Å². The highest BCUT2D eigenvalue weighted by atomic mass is 16.6. The third kappa shape index (κ3) is 4.99. The van der Waals surface area contributed by atoms with E-state index in [2.05, 4.69) is 6.07 Å². The first-order chi connectivity index (χ1) is 16.9. The number of methoxy groups -OCH3 is 2. The Morgan fingerprint density at radius 2 is 1.83 bits per heavy atom. The van der Waals surface area contributed by atoms with E-state index in [0.29, 0.717) is 28.6 Å². The molecule has 3 aromatic carbocycles. The number of allylic oxidation sites excluding steroid dienone is 1. The van der Waals surface area contributed by atoms with Crippen LogP contribution < -0.4 is 29.4 Å². The van der Waals surface area contributed by atoms with Gasteiger partial charge >= 0.3 is 5.97 Å². The second-order valence-corrected chi connectivity index (χ2v) is 7.82. The average Bonchev–Trinajstić information content (AvgIpc) is 2.86. The molecule has 4 rings (SSSR count). The summed E-state index contributed by atoms with van der Waals surface area (Å²) in [6.45, 7) is 1.68. The van der Waals surface area contributed by atoms with Crippen molar-refractivity contribution in [2.45, 2.75) is 12.8 Å². The Balaban J connectivity index is 1.58. The van der Waals surface area contributed by atoms with Gasteiger partial charge in [-0.25, -0.2) is 4.79 Å². The summed E-state index contributed by atoms with van der Waals surface area (Å²) < 4.78 is 27.4. The molecule has 0 saturated carbocycles. The molecule has 0 aliphatic carbocycles. The van der Waals surface area contributed by atoms with E-state index in [0.717, 1.165) is 11.1 Å². The van der Waals surface area contributed by atoms with Gasteiger partial charge < -0.3 is 29.4 Å². The molecule has 0 amide bonds. The van der Waals surface area contributed by atoms with Crippen molar-refractivity contribution in [1.29, 1.82) is 5.26 Å². The molecular formula is C27H24N2O6. The molecule has 1 unspecified atom stereocenters. The molecule has 3 aromatic rings. The van der Waals surface area contributed by atoms with Gasteiger partial charge in [0.25, 0.3) is 0 Å². The van der Waals surface area contributed by atoms with E-state index in [1.165, 1.54) is 7.11 Å². The fraction of sp³-hybridized carbons (Fsp3) is 0.185. The van der Waals surface area contributed by atoms with Crippen LogP contribution in [0.15, 0.2) is 72.1 Å². The van der Waals surface area contributed by atoms with Gasteiger partial charge in [0, 0.05) is 11.6 Å². The summed E-state index contributed by atoms with van der Waals surface area (Å²) >= 11 is 0. The Labute approximate surface area is 203 Å². The van der Waals surface area contributed by atoms with Crippen LogP contribution in [0, 0.1) is 18.3 Å². The zero-order valence-corrected chi connectivity index (χ0v) is 19.5. The number of ether oxygens (including phenoxy) is 5. The lowest BCUT2D eigenvalue weighted by atomic mass is 9.83. The smallest absolute Gasteiger partial charge is 0.349 e. The standard InChI is InChI=1S/C27H24N2O6/c1-16-5-4-6-18(11-16)33-15-25(30)34-19-8-9-20-23(13-19)35-27(29)21(14-28)26(20)17-7-10-22(31-2)24(12-17)32-3/h4-13,26H,15,29H2,1-3H3. The van der Waals surface area contributed by atoms with E-state index >= 15 is 0 Å². The maximum absolute atomic E-state index is 12.3. The molecule has 0 saturated heterocycles. The van der Waals surface area contributed by atoms with Crippen LogP contribution >= 0.6 is 0 Å². The van der Waals surface area contributed by atoms with E-state index in [-0.39, 0.29) is 23.8 Å². The third-order valence-corrected chi connectivity index (χ3v) is 5.51. The number of carbonyl (C=O) groups is 1. The Hall–Kier alpha value is -4.64. The number of fused-ring (bicyclic) bond motifs is 1. The molecule has 35 heavy (non-hydrogen) atoms. The van der Waals surface area contributed by atoms with Crippen molar-refractivity contribution < 1.29 is 28.5 Å². The first kappa shape index (κ1) is 23.5. The number of nitrogens with two attached hydrogens (primary N) is 1. The van der Waals surface area contributed by atoms with Crippen LogP contribution in [-0.4, -0.2) is 26.8 Å². The largest absolute Gasteiger partial charge is 0.493 e. The number of esters is 1. The summed E-state index contributed by atoms with van der Waals surface area (Å²) in [6, 6.07) is 19.9. The Morgan fingerprint density at radius 3 is 2.54 bits per heavy atom. The number of rotatable bonds is 7. The predicted octanol–water partition coefficient (Wildman–Crippen LogP) is 4.21. The van der Waals surface area contributed by atoms with Gasteiger partial charge in [0.1, 0.15) is 28.9 Å². The zero-order valence-electron chi connectivity index (χ0n) is 19.5. The van der Waals surface area contributed by atoms with E-state index in [4.69, 9.17) is 29.4 Å². The molecule has 2 N–H and O–H groups in total. The highest BCUT2D eigenvalue weighted by molar-refractivity contribution is 5.74. The normalized spacial score (nSPS) is 14.3. The summed E-state index contributed by atoms with van der Waals surface area (Å²) in [7, 11) is 3.09. The second kappa shape index (κ2) is 10.1. The van der Waals surface area contributed by atoms with Crippen molar-refractivity contribution >= 4 is 5.97 Å². The van der Waals surface area contributed by atoms with E-state index < -0.39 is 11.9 Å². The summed E-state index contributed by atoms with van der Waals surface area (Å²) in [5.74, 6) is 1.22. The van der Waals surface area contributed by atoms with Crippen molar-refractivity contribution in [2.75, 3.05) is 20.8 Å². The first-order valence-corrected chi connectivity index (χ1v) is 10.8. The fourth-order valence-corrected chi connectivity index (χ4v) is 3.88. The Kier molecular flexibility index (Phi) is 6.78. The lowest BCUT2D eigenvalue weighted by Crippen LogP contribution is -2.21. The summed E-state index contributed by atoms with van der Waals surface area (Å²) in [6.07, 6.45) is 0. The van der Waals surface area contributed by atoms with Crippen LogP contribution in [0.1, 0.15) is 22.6 Å². The Morgan fingerprint density at radius 1 is 1.03 bits per heavy atom. The number of aryl methyl sites for hydroxylation is 1. The highest BCUT2D eigenvalue weighted by Crippen LogP contribution is 2.45. The third-order valence-electron chi connectivity index (χ3n) is 5.51. The van der Waals surface area contributed by atoms with Crippen LogP contribution in [-0.2, 0) is 4.79 Å². The summed E-state index contributed by atoms with van der Waals surface area (Å²) in [5, 5.41) is 9.78. The average molecular weight is 472 g/mol. The highest BCUT2D eigenvalue weighted by Gasteiger charge is 2.31. The summed E-state index contributed by atoms with van der Waals surface area (Å²) in [4.78, 5) is 12.3. The van der Waals surface area contributed by atoms with E-state index in [1.54, 1.807) is 43.5 Å². The molecule has 0 radical (unpaired) electrons. The second-order valence-electron chi connectivity index (χ2n) is 7.82. The van der Waals surface area contributed by atoms with Gasteiger partial charge in [-0.05, 0) is 48.4 Å².